The van der Waals surface area contributed by atoms with E-state index in [4.69, 9.17) is 12.2 Å². The van der Waals surface area contributed by atoms with Gasteiger partial charge in [-0.15, -0.1) is 0 Å². The van der Waals surface area contributed by atoms with Crippen LogP contribution in [0.15, 0.2) is 48.8 Å². The topological polar surface area (TPSA) is 74.3 Å². The molecule has 2 heterocycles. The number of amides is 2. The lowest BCUT2D eigenvalue weighted by Gasteiger charge is -2.15. The molecule has 0 unspecified atom stereocenters. The highest BCUT2D eigenvalue weighted by molar-refractivity contribution is 7.80. The fraction of sp³-hybridized carbons (Fsp3) is 0.263. The minimum absolute atomic E-state index is 0.0320. The molecule has 2 amide bonds. The quantitative estimate of drug-likeness (QED) is 0.731. The predicted molar refractivity (Wildman–Crippen MR) is 104 cm³/mol. The molecule has 7 heteroatoms. The van der Waals surface area contributed by atoms with E-state index in [0.717, 1.165) is 29.7 Å². The number of aromatic nitrogens is 1. The Labute approximate surface area is 157 Å². The number of carbonyl (C=O) groups excluding carboxylic acids is 2. The third kappa shape index (κ3) is 4.64. The van der Waals surface area contributed by atoms with Crippen LogP contribution in [-0.2, 0) is 22.6 Å². The largest absolute Gasteiger partial charge is 0.353 e. The molecule has 2 aromatic rings. The number of nitrogens with one attached hydrogen (secondary N) is 2. The fourth-order valence-electron chi connectivity index (χ4n) is 2.74. The second-order valence-electron chi connectivity index (χ2n) is 6.05. The summed E-state index contributed by atoms with van der Waals surface area (Å²) in [5, 5.41) is 6.20. The number of pyridine rings is 1. The van der Waals surface area contributed by atoms with E-state index in [1.54, 1.807) is 12.4 Å². The summed E-state index contributed by atoms with van der Waals surface area (Å²) < 4.78 is 0. The summed E-state index contributed by atoms with van der Waals surface area (Å²) in [6, 6.07) is 11.5. The van der Waals surface area contributed by atoms with Gasteiger partial charge in [0.25, 0.3) is 5.91 Å². The van der Waals surface area contributed by atoms with Gasteiger partial charge < -0.3 is 10.6 Å². The van der Waals surface area contributed by atoms with E-state index < -0.39 is 0 Å². The van der Waals surface area contributed by atoms with Gasteiger partial charge in [-0.05, 0) is 54.4 Å². The van der Waals surface area contributed by atoms with Gasteiger partial charge in [0.2, 0.25) is 5.91 Å². The number of nitrogens with zero attached hydrogens (tertiary/aromatic N) is 2. The molecule has 0 radical (unpaired) electrons. The standard InChI is InChI=1S/C19H20N4O2S/c24-17(21-12-15-4-2-10-20-11-15)5-1-3-14-6-8-16(9-7-14)23-18(25)13-22-19(23)26/h2,4,6-11H,1,3,5,12-13H2,(H,21,24)(H,22,26). The van der Waals surface area contributed by atoms with Crippen molar-refractivity contribution < 1.29 is 9.59 Å². The predicted octanol–water partition coefficient (Wildman–Crippen LogP) is 1.94. The molecule has 0 spiro atoms. The van der Waals surface area contributed by atoms with Crippen LogP contribution in [0.1, 0.15) is 24.0 Å². The fourth-order valence-corrected chi connectivity index (χ4v) is 3.02. The van der Waals surface area contributed by atoms with Crippen molar-refractivity contribution in [2.75, 3.05) is 11.4 Å². The van der Waals surface area contributed by atoms with Crippen LogP contribution in [0.3, 0.4) is 0 Å². The van der Waals surface area contributed by atoms with Gasteiger partial charge in [-0.2, -0.15) is 0 Å². The normalized spacial score (nSPS) is 13.6. The Balaban J connectivity index is 1.43. The molecule has 0 bridgehead atoms. The van der Waals surface area contributed by atoms with Crippen LogP contribution in [0.5, 0.6) is 0 Å². The number of benzene rings is 1. The van der Waals surface area contributed by atoms with Crippen LogP contribution in [0, 0.1) is 0 Å². The number of thiocarbonyl (C=S) groups is 1. The second kappa shape index (κ2) is 8.53. The Morgan fingerprint density at radius 2 is 2.04 bits per heavy atom. The zero-order valence-corrected chi connectivity index (χ0v) is 15.1. The lowest BCUT2D eigenvalue weighted by Crippen LogP contribution is -2.30. The number of aryl methyl sites for hydroxylation is 1. The molecule has 6 nitrogen and oxygen atoms in total. The average molecular weight is 368 g/mol. The summed E-state index contributed by atoms with van der Waals surface area (Å²) in [6.45, 7) is 0.744. The van der Waals surface area contributed by atoms with Crippen LogP contribution in [-0.4, -0.2) is 28.5 Å². The van der Waals surface area contributed by atoms with Gasteiger partial charge in [-0.1, -0.05) is 18.2 Å². The van der Waals surface area contributed by atoms with Crippen molar-refractivity contribution in [2.45, 2.75) is 25.8 Å². The second-order valence-corrected chi connectivity index (χ2v) is 6.43. The third-order valence-electron chi connectivity index (χ3n) is 4.12. The Hall–Kier alpha value is -2.80. The summed E-state index contributed by atoms with van der Waals surface area (Å²) in [5.41, 5.74) is 2.88. The average Bonchev–Trinajstić information content (AvgIpc) is 3.00. The Morgan fingerprint density at radius 1 is 1.23 bits per heavy atom. The maximum atomic E-state index is 11.9. The molecule has 1 aromatic carbocycles. The highest BCUT2D eigenvalue weighted by atomic mass is 32.1. The monoisotopic (exact) mass is 368 g/mol. The molecule has 1 aliphatic heterocycles. The first-order chi connectivity index (χ1) is 12.6. The van der Waals surface area contributed by atoms with Crippen molar-refractivity contribution in [3.8, 4) is 0 Å². The summed E-state index contributed by atoms with van der Waals surface area (Å²) in [6.07, 6.45) is 5.49. The van der Waals surface area contributed by atoms with Crippen LogP contribution in [0.2, 0.25) is 0 Å². The van der Waals surface area contributed by atoms with E-state index in [0.29, 0.717) is 18.1 Å². The van der Waals surface area contributed by atoms with E-state index in [2.05, 4.69) is 15.6 Å². The van der Waals surface area contributed by atoms with Crippen molar-refractivity contribution in [1.82, 2.24) is 15.6 Å². The number of hydrogen-bond donors (Lipinski definition) is 2. The zero-order chi connectivity index (χ0) is 18.4. The summed E-state index contributed by atoms with van der Waals surface area (Å²) >= 11 is 5.14. The van der Waals surface area contributed by atoms with Gasteiger partial charge in [0, 0.05) is 25.4 Å². The Morgan fingerprint density at radius 3 is 2.69 bits per heavy atom. The SMILES string of the molecule is O=C(CCCc1ccc(N2C(=O)CNC2=S)cc1)NCc1cccnc1. The maximum Gasteiger partial charge on any atom is 0.252 e. The van der Waals surface area contributed by atoms with E-state index in [1.807, 2.05) is 36.4 Å². The lowest BCUT2D eigenvalue weighted by atomic mass is 10.1. The Bertz CT molecular complexity index is 777. The molecule has 0 atom stereocenters. The van der Waals surface area contributed by atoms with Crippen LogP contribution < -0.4 is 15.5 Å². The first-order valence-corrected chi connectivity index (χ1v) is 8.89. The van der Waals surface area contributed by atoms with Gasteiger partial charge in [0.15, 0.2) is 5.11 Å². The minimum atomic E-state index is -0.0481. The molecule has 1 aromatic heterocycles. The molecule has 26 heavy (non-hydrogen) atoms. The molecular formula is C19H20N4O2S. The number of carbonyl (C=O) groups is 2. The lowest BCUT2D eigenvalue weighted by molar-refractivity contribution is -0.121. The first-order valence-electron chi connectivity index (χ1n) is 8.49. The molecule has 1 fully saturated rings. The van der Waals surface area contributed by atoms with Crippen molar-refractivity contribution in [3.05, 3.63) is 59.9 Å². The van der Waals surface area contributed by atoms with E-state index in [-0.39, 0.29) is 18.4 Å². The van der Waals surface area contributed by atoms with E-state index in [1.165, 1.54) is 4.90 Å². The van der Waals surface area contributed by atoms with Crippen molar-refractivity contribution in [2.24, 2.45) is 0 Å². The van der Waals surface area contributed by atoms with Crippen molar-refractivity contribution in [3.63, 3.8) is 0 Å². The van der Waals surface area contributed by atoms with Gasteiger partial charge >= 0.3 is 0 Å². The molecule has 134 valence electrons. The minimum Gasteiger partial charge on any atom is -0.353 e. The first kappa shape index (κ1) is 18.0. The Kier molecular flexibility index (Phi) is 5.91. The molecule has 0 aliphatic carbocycles. The van der Waals surface area contributed by atoms with Gasteiger partial charge in [0.05, 0.1) is 12.2 Å². The highest BCUT2D eigenvalue weighted by Gasteiger charge is 2.26. The third-order valence-corrected chi connectivity index (χ3v) is 4.45. The van der Waals surface area contributed by atoms with Gasteiger partial charge in [-0.3, -0.25) is 19.5 Å². The highest BCUT2D eigenvalue weighted by Crippen LogP contribution is 2.19. The maximum absolute atomic E-state index is 11.9. The smallest absolute Gasteiger partial charge is 0.252 e. The summed E-state index contributed by atoms with van der Waals surface area (Å²) in [5.74, 6) is -0.0161. The van der Waals surface area contributed by atoms with Gasteiger partial charge in [0.1, 0.15) is 0 Å². The molecule has 3 rings (SSSR count). The number of hydrogen-bond acceptors (Lipinski definition) is 4. The van der Waals surface area contributed by atoms with Crippen LogP contribution >= 0.6 is 12.2 Å². The summed E-state index contributed by atoms with van der Waals surface area (Å²) in [4.78, 5) is 29.2. The summed E-state index contributed by atoms with van der Waals surface area (Å²) in [7, 11) is 0. The van der Waals surface area contributed by atoms with E-state index in [9.17, 15) is 9.59 Å². The number of anilines is 1. The molecule has 1 aliphatic rings. The molecule has 2 N–H and O–H groups in total. The molecule has 0 saturated carbocycles. The number of rotatable bonds is 7. The van der Waals surface area contributed by atoms with Crippen LogP contribution in [0.4, 0.5) is 5.69 Å². The van der Waals surface area contributed by atoms with Crippen molar-refractivity contribution in [1.29, 1.82) is 0 Å². The van der Waals surface area contributed by atoms with Crippen LogP contribution in [0.25, 0.3) is 0 Å². The zero-order valence-electron chi connectivity index (χ0n) is 14.3. The van der Waals surface area contributed by atoms with Crippen molar-refractivity contribution >= 4 is 34.8 Å². The molecule has 1 saturated heterocycles. The molecular weight excluding hydrogens is 348 g/mol. The van der Waals surface area contributed by atoms with Gasteiger partial charge in [-0.25, -0.2) is 0 Å². The van der Waals surface area contributed by atoms with E-state index >= 15 is 0 Å².